The van der Waals surface area contributed by atoms with Gasteiger partial charge in [-0.15, -0.1) is 0 Å². The van der Waals surface area contributed by atoms with Crippen molar-refractivity contribution in [1.82, 2.24) is 9.30 Å². The minimum atomic E-state index is -0.347. The van der Waals surface area contributed by atoms with Crippen molar-refractivity contribution in [2.45, 2.75) is 12.8 Å². The molecule has 0 unspecified atom stereocenters. The Balaban J connectivity index is 1.97. The summed E-state index contributed by atoms with van der Waals surface area (Å²) in [4.78, 5) is 27.2. The SMILES string of the molecule is COCCCC(=O)c1ccc2c(C(=O)OCCN(C)C)c3ccccc3n2c1. The van der Waals surface area contributed by atoms with Crippen molar-refractivity contribution in [3.63, 3.8) is 0 Å². The number of ether oxygens (including phenoxy) is 2. The minimum absolute atomic E-state index is 0.0619. The Hall–Kier alpha value is -2.70. The molecule has 0 N–H and O–H groups in total. The van der Waals surface area contributed by atoms with Crippen LogP contribution in [-0.4, -0.2) is 62.0 Å². The number of ketones is 1. The summed E-state index contributed by atoms with van der Waals surface area (Å²) in [5, 5.41) is 0.821. The van der Waals surface area contributed by atoms with E-state index < -0.39 is 0 Å². The molecule has 0 aliphatic carbocycles. The molecule has 28 heavy (non-hydrogen) atoms. The average molecular weight is 382 g/mol. The number of Topliss-reactive ketones (excluding diaryl/α,β-unsaturated/α-hetero) is 1. The third kappa shape index (κ3) is 4.24. The number of methoxy groups -OCH3 is 1. The van der Waals surface area contributed by atoms with Gasteiger partial charge in [0.15, 0.2) is 5.78 Å². The van der Waals surface area contributed by atoms with Crippen LogP contribution < -0.4 is 0 Å². The molecule has 1 aromatic carbocycles. The van der Waals surface area contributed by atoms with Crippen LogP contribution in [0.25, 0.3) is 16.4 Å². The lowest BCUT2D eigenvalue weighted by atomic mass is 10.1. The Morgan fingerprint density at radius 3 is 2.57 bits per heavy atom. The van der Waals surface area contributed by atoms with Crippen molar-refractivity contribution < 1.29 is 19.1 Å². The highest BCUT2D eigenvalue weighted by molar-refractivity contribution is 6.12. The van der Waals surface area contributed by atoms with Crippen LogP contribution in [0.15, 0.2) is 42.6 Å². The van der Waals surface area contributed by atoms with E-state index in [1.807, 2.05) is 59.9 Å². The number of nitrogens with zero attached hydrogens (tertiary/aromatic N) is 2. The average Bonchev–Trinajstić information content (AvgIpc) is 3.01. The first kappa shape index (κ1) is 20.0. The summed E-state index contributed by atoms with van der Waals surface area (Å²) >= 11 is 0. The van der Waals surface area contributed by atoms with Crippen molar-refractivity contribution in [1.29, 1.82) is 0 Å². The van der Waals surface area contributed by atoms with Gasteiger partial charge in [0.25, 0.3) is 0 Å². The van der Waals surface area contributed by atoms with Crippen molar-refractivity contribution in [3.05, 3.63) is 53.7 Å². The number of para-hydroxylation sites is 1. The molecular weight excluding hydrogens is 356 g/mol. The smallest absolute Gasteiger partial charge is 0.341 e. The third-order valence-electron chi connectivity index (χ3n) is 4.69. The van der Waals surface area contributed by atoms with Crippen LogP contribution in [0.4, 0.5) is 0 Å². The van der Waals surface area contributed by atoms with E-state index in [-0.39, 0.29) is 11.8 Å². The van der Waals surface area contributed by atoms with Gasteiger partial charge in [-0.05, 0) is 38.7 Å². The summed E-state index contributed by atoms with van der Waals surface area (Å²) in [6.07, 6.45) is 2.92. The van der Waals surface area contributed by atoms with E-state index in [0.29, 0.717) is 43.7 Å². The number of fused-ring (bicyclic) bond motifs is 3. The van der Waals surface area contributed by atoms with Gasteiger partial charge in [0, 0.05) is 43.8 Å². The summed E-state index contributed by atoms with van der Waals surface area (Å²) in [5.74, 6) is -0.286. The van der Waals surface area contributed by atoms with Crippen LogP contribution in [0, 0.1) is 0 Å². The van der Waals surface area contributed by atoms with Crippen molar-refractivity contribution in [2.24, 2.45) is 0 Å². The number of benzene rings is 1. The normalized spacial score (nSPS) is 11.4. The largest absolute Gasteiger partial charge is 0.461 e. The lowest BCUT2D eigenvalue weighted by Crippen LogP contribution is -2.20. The topological polar surface area (TPSA) is 60.3 Å². The Morgan fingerprint density at radius 1 is 1.04 bits per heavy atom. The lowest BCUT2D eigenvalue weighted by Gasteiger charge is -2.10. The molecule has 6 nitrogen and oxygen atoms in total. The number of rotatable bonds is 9. The number of pyridine rings is 1. The highest BCUT2D eigenvalue weighted by atomic mass is 16.5. The quantitative estimate of drug-likeness (QED) is 0.322. The van der Waals surface area contributed by atoms with Crippen LogP contribution in [0.1, 0.15) is 33.6 Å². The van der Waals surface area contributed by atoms with Gasteiger partial charge < -0.3 is 18.8 Å². The first-order chi connectivity index (χ1) is 13.5. The van der Waals surface area contributed by atoms with Crippen LogP contribution in [0.2, 0.25) is 0 Å². The maximum Gasteiger partial charge on any atom is 0.341 e. The number of likely N-dealkylation sites (N-methyl/N-ethyl adjacent to an activating group) is 1. The van der Waals surface area contributed by atoms with Crippen LogP contribution in [-0.2, 0) is 9.47 Å². The zero-order valence-electron chi connectivity index (χ0n) is 16.6. The lowest BCUT2D eigenvalue weighted by molar-refractivity contribution is 0.0486. The summed E-state index contributed by atoms with van der Waals surface area (Å²) in [6.45, 7) is 1.55. The molecule has 0 aliphatic heterocycles. The maximum absolute atomic E-state index is 12.8. The van der Waals surface area contributed by atoms with Crippen molar-refractivity contribution in [3.8, 4) is 0 Å². The molecule has 0 radical (unpaired) electrons. The molecule has 0 bridgehead atoms. The number of hydrogen-bond donors (Lipinski definition) is 0. The summed E-state index contributed by atoms with van der Waals surface area (Å²) in [5.41, 5.74) is 2.78. The Bertz CT molecular complexity index is 991. The predicted molar refractivity (Wildman–Crippen MR) is 109 cm³/mol. The molecule has 3 rings (SSSR count). The standard InChI is InChI=1S/C22H26N2O4/c1-23(2)12-14-28-22(26)21-17-7-4-5-8-18(17)24-15-16(10-11-19(21)24)20(25)9-6-13-27-3/h4-5,7-8,10-11,15H,6,9,12-14H2,1-3H3. The van der Waals surface area contributed by atoms with Gasteiger partial charge >= 0.3 is 5.97 Å². The fraction of sp³-hybridized carbons (Fsp3) is 0.364. The maximum atomic E-state index is 12.8. The van der Waals surface area contributed by atoms with Crippen LogP contribution >= 0.6 is 0 Å². The van der Waals surface area contributed by atoms with Gasteiger partial charge in [-0.25, -0.2) is 4.79 Å². The Kier molecular flexibility index (Phi) is 6.44. The second-order valence-electron chi connectivity index (χ2n) is 7.02. The number of esters is 1. The number of aromatic nitrogens is 1. The fourth-order valence-electron chi connectivity index (χ4n) is 3.23. The molecule has 6 heteroatoms. The van der Waals surface area contributed by atoms with E-state index in [1.165, 1.54) is 0 Å². The first-order valence-corrected chi connectivity index (χ1v) is 9.39. The third-order valence-corrected chi connectivity index (χ3v) is 4.69. The molecular formula is C22H26N2O4. The second kappa shape index (κ2) is 8.99. The van der Waals surface area contributed by atoms with Gasteiger partial charge in [0.2, 0.25) is 0 Å². The molecule has 0 amide bonds. The molecule has 3 aromatic rings. The molecule has 0 spiro atoms. The molecule has 0 saturated heterocycles. The Labute approximate surface area is 164 Å². The van der Waals surface area contributed by atoms with Gasteiger partial charge in [0.05, 0.1) is 16.6 Å². The highest BCUT2D eigenvalue weighted by Crippen LogP contribution is 2.28. The number of carbonyl (C=O) groups is 2. The molecule has 0 atom stereocenters. The number of carbonyl (C=O) groups excluding carboxylic acids is 2. The first-order valence-electron chi connectivity index (χ1n) is 9.39. The molecule has 2 aromatic heterocycles. The minimum Gasteiger partial charge on any atom is -0.461 e. The zero-order chi connectivity index (χ0) is 20.1. The summed E-state index contributed by atoms with van der Waals surface area (Å²) in [6, 6.07) is 11.3. The van der Waals surface area contributed by atoms with E-state index in [0.717, 1.165) is 16.4 Å². The van der Waals surface area contributed by atoms with Gasteiger partial charge in [-0.1, -0.05) is 18.2 Å². The van der Waals surface area contributed by atoms with E-state index in [2.05, 4.69) is 0 Å². The van der Waals surface area contributed by atoms with Gasteiger partial charge in [-0.3, -0.25) is 4.79 Å². The van der Waals surface area contributed by atoms with E-state index >= 15 is 0 Å². The van der Waals surface area contributed by atoms with E-state index in [9.17, 15) is 9.59 Å². The highest BCUT2D eigenvalue weighted by Gasteiger charge is 2.20. The monoisotopic (exact) mass is 382 g/mol. The van der Waals surface area contributed by atoms with Gasteiger partial charge in [0.1, 0.15) is 6.61 Å². The van der Waals surface area contributed by atoms with E-state index in [4.69, 9.17) is 9.47 Å². The van der Waals surface area contributed by atoms with E-state index in [1.54, 1.807) is 13.2 Å². The molecule has 0 saturated carbocycles. The zero-order valence-corrected chi connectivity index (χ0v) is 16.6. The Morgan fingerprint density at radius 2 is 1.82 bits per heavy atom. The molecule has 0 aliphatic rings. The molecule has 0 fully saturated rings. The van der Waals surface area contributed by atoms with Crippen LogP contribution in [0.5, 0.6) is 0 Å². The van der Waals surface area contributed by atoms with Crippen molar-refractivity contribution >= 4 is 28.2 Å². The van der Waals surface area contributed by atoms with Crippen LogP contribution in [0.3, 0.4) is 0 Å². The molecule has 148 valence electrons. The van der Waals surface area contributed by atoms with Gasteiger partial charge in [-0.2, -0.15) is 0 Å². The number of hydrogen-bond acceptors (Lipinski definition) is 5. The predicted octanol–water partition coefficient (Wildman–Crippen LogP) is 3.42. The summed E-state index contributed by atoms with van der Waals surface area (Å²) < 4.78 is 12.4. The molecule has 2 heterocycles. The summed E-state index contributed by atoms with van der Waals surface area (Å²) in [7, 11) is 5.49. The second-order valence-corrected chi connectivity index (χ2v) is 7.02. The fourth-order valence-corrected chi connectivity index (χ4v) is 3.23. The van der Waals surface area contributed by atoms with Crippen molar-refractivity contribution in [2.75, 3.05) is 41.0 Å².